The second-order valence-corrected chi connectivity index (χ2v) is 3.59. The van der Waals surface area contributed by atoms with Gasteiger partial charge in [0.1, 0.15) is 5.69 Å². The minimum Gasteiger partial charge on any atom is -0.340 e. The molecule has 0 saturated heterocycles. The van der Waals surface area contributed by atoms with Crippen molar-refractivity contribution in [1.29, 1.82) is 0 Å². The highest BCUT2D eigenvalue weighted by Gasteiger charge is 2.10. The van der Waals surface area contributed by atoms with Crippen LogP contribution in [0.15, 0.2) is 21.6 Å². The first-order valence-electron chi connectivity index (χ1n) is 3.89. The minimum atomic E-state index is -0.653. The van der Waals surface area contributed by atoms with Gasteiger partial charge in [0.15, 0.2) is 11.6 Å². The number of nitrogens with one attached hydrogen (secondary N) is 1. The molecule has 0 fully saturated rings. The Morgan fingerprint density at radius 3 is 2.29 bits per heavy atom. The lowest BCUT2D eigenvalue weighted by Gasteiger charge is -2.07. The summed E-state index contributed by atoms with van der Waals surface area (Å²) in [6, 6.07) is 2.38. The molecule has 0 spiro atoms. The third-order valence-corrected chi connectivity index (χ3v) is 2.11. The van der Waals surface area contributed by atoms with Crippen molar-refractivity contribution in [2.45, 2.75) is 6.92 Å². The number of amidine groups is 1. The molecule has 0 bridgehead atoms. The summed E-state index contributed by atoms with van der Waals surface area (Å²) >= 11 is 2.99. The summed E-state index contributed by atoms with van der Waals surface area (Å²) in [5.41, 5.74) is -0.184. The highest BCUT2D eigenvalue weighted by Crippen LogP contribution is 2.23. The molecular formula is C9H9BrF2N2. The van der Waals surface area contributed by atoms with Gasteiger partial charge in [-0.3, -0.25) is 4.99 Å². The van der Waals surface area contributed by atoms with Crippen LogP contribution in [0.5, 0.6) is 0 Å². The van der Waals surface area contributed by atoms with E-state index in [0.29, 0.717) is 10.3 Å². The number of nitrogens with zero attached hydrogens (tertiary/aromatic N) is 1. The quantitative estimate of drug-likeness (QED) is 0.610. The Labute approximate surface area is 89.2 Å². The van der Waals surface area contributed by atoms with Crippen molar-refractivity contribution in [1.82, 2.24) is 0 Å². The standard InChI is InChI=1S/C9H9BrF2N2/c1-5(13-2)14-9-7(11)3-6(10)4-8(9)12/h3-4H,1-2H3,(H,13,14). The summed E-state index contributed by atoms with van der Waals surface area (Å²) < 4.78 is 26.8. The van der Waals surface area contributed by atoms with Crippen molar-refractivity contribution in [2.24, 2.45) is 4.99 Å². The zero-order chi connectivity index (χ0) is 10.7. The minimum absolute atomic E-state index is 0.184. The van der Waals surface area contributed by atoms with Crippen molar-refractivity contribution in [3.8, 4) is 0 Å². The molecule has 0 aromatic heterocycles. The fourth-order valence-corrected chi connectivity index (χ4v) is 1.30. The molecule has 0 unspecified atom stereocenters. The van der Waals surface area contributed by atoms with Crippen LogP contribution < -0.4 is 5.32 Å². The molecule has 0 aliphatic carbocycles. The highest BCUT2D eigenvalue weighted by atomic mass is 79.9. The van der Waals surface area contributed by atoms with Crippen molar-refractivity contribution in [3.05, 3.63) is 28.2 Å². The van der Waals surface area contributed by atoms with Crippen LogP contribution in [0.3, 0.4) is 0 Å². The van der Waals surface area contributed by atoms with Gasteiger partial charge in [-0.05, 0) is 19.1 Å². The van der Waals surface area contributed by atoms with Crippen LogP contribution in [0.4, 0.5) is 14.5 Å². The number of aliphatic imine (C=N–C) groups is 1. The maximum Gasteiger partial charge on any atom is 0.150 e. The van der Waals surface area contributed by atoms with Gasteiger partial charge < -0.3 is 5.32 Å². The van der Waals surface area contributed by atoms with Crippen molar-refractivity contribution in [3.63, 3.8) is 0 Å². The van der Waals surface area contributed by atoms with Crippen molar-refractivity contribution in [2.75, 3.05) is 12.4 Å². The lowest BCUT2D eigenvalue weighted by atomic mass is 10.3. The smallest absolute Gasteiger partial charge is 0.150 e. The molecule has 0 amide bonds. The average Bonchev–Trinajstić information content (AvgIpc) is 2.10. The molecule has 5 heteroatoms. The third-order valence-electron chi connectivity index (χ3n) is 1.65. The molecule has 0 heterocycles. The fourth-order valence-electron chi connectivity index (χ4n) is 0.898. The number of hydrogen-bond donors (Lipinski definition) is 1. The Morgan fingerprint density at radius 1 is 1.36 bits per heavy atom. The van der Waals surface area contributed by atoms with E-state index >= 15 is 0 Å². The largest absolute Gasteiger partial charge is 0.340 e. The lowest BCUT2D eigenvalue weighted by Crippen LogP contribution is -2.10. The Morgan fingerprint density at radius 2 is 1.86 bits per heavy atom. The zero-order valence-corrected chi connectivity index (χ0v) is 9.32. The van der Waals surface area contributed by atoms with Gasteiger partial charge >= 0.3 is 0 Å². The van der Waals surface area contributed by atoms with Gasteiger partial charge in [0.25, 0.3) is 0 Å². The van der Waals surface area contributed by atoms with E-state index in [2.05, 4.69) is 26.2 Å². The summed E-state index contributed by atoms with van der Waals surface area (Å²) in [5, 5.41) is 2.53. The van der Waals surface area contributed by atoms with E-state index in [1.165, 1.54) is 19.2 Å². The van der Waals surface area contributed by atoms with E-state index in [9.17, 15) is 8.78 Å². The SMILES string of the molecule is CN=C(C)Nc1c(F)cc(Br)cc1F. The molecule has 0 atom stereocenters. The normalized spacial score (nSPS) is 11.6. The Bertz CT molecular complexity index is 354. The zero-order valence-electron chi connectivity index (χ0n) is 7.74. The van der Waals surface area contributed by atoms with E-state index in [4.69, 9.17) is 0 Å². The van der Waals surface area contributed by atoms with Gasteiger partial charge in [0.2, 0.25) is 0 Å². The maximum atomic E-state index is 13.2. The Balaban J connectivity index is 3.09. The molecular weight excluding hydrogens is 254 g/mol. The molecule has 76 valence electrons. The number of benzene rings is 1. The Kier molecular flexibility index (Phi) is 3.57. The molecule has 1 aromatic carbocycles. The van der Waals surface area contributed by atoms with Gasteiger partial charge in [-0.2, -0.15) is 0 Å². The first kappa shape index (κ1) is 11.1. The molecule has 0 aliphatic heterocycles. The maximum absolute atomic E-state index is 13.2. The van der Waals surface area contributed by atoms with Crippen LogP contribution in [0, 0.1) is 11.6 Å². The van der Waals surface area contributed by atoms with Gasteiger partial charge in [0, 0.05) is 11.5 Å². The van der Waals surface area contributed by atoms with E-state index in [-0.39, 0.29) is 5.69 Å². The van der Waals surface area contributed by atoms with E-state index < -0.39 is 11.6 Å². The molecule has 2 nitrogen and oxygen atoms in total. The summed E-state index contributed by atoms with van der Waals surface area (Å²) in [4.78, 5) is 3.75. The van der Waals surface area contributed by atoms with Gasteiger partial charge in [-0.1, -0.05) is 15.9 Å². The first-order chi connectivity index (χ1) is 6.54. The summed E-state index contributed by atoms with van der Waals surface area (Å²) in [6.07, 6.45) is 0. The number of hydrogen-bond acceptors (Lipinski definition) is 1. The highest BCUT2D eigenvalue weighted by molar-refractivity contribution is 9.10. The van der Waals surface area contributed by atoms with Crippen LogP contribution in [0.1, 0.15) is 6.92 Å². The third kappa shape index (κ3) is 2.51. The Hall–Kier alpha value is -0.970. The lowest BCUT2D eigenvalue weighted by molar-refractivity contribution is 0.589. The van der Waals surface area contributed by atoms with Gasteiger partial charge in [-0.15, -0.1) is 0 Å². The number of halogens is 3. The monoisotopic (exact) mass is 262 g/mol. The fraction of sp³-hybridized carbons (Fsp3) is 0.222. The predicted octanol–water partition coefficient (Wildman–Crippen LogP) is 3.19. The second-order valence-electron chi connectivity index (χ2n) is 2.68. The van der Waals surface area contributed by atoms with Crippen LogP contribution in [0.2, 0.25) is 0 Å². The topological polar surface area (TPSA) is 24.4 Å². The molecule has 1 aromatic rings. The number of rotatable bonds is 1. The average molecular weight is 263 g/mol. The second kappa shape index (κ2) is 4.50. The van der Waals surface area contributed by atoms with Crippen LogP contribution in [-0.4, -0.2) is 12.9 Å². The van der Waals surface area contributed by atoms with Gasteiger partial charge in [-0.25, -0.2) is 8.78 Å². The molecule has 14 heavy (non-hydrogen) atoms. The first-order valence-corrected chi connectivity index (χ1v) is 4.69. The van der Waals surface area contributed by atoms with Crippen LogP contribution in [-0.2, 0) is 0 Å². The number of anilines is 1. The van der Waals surface area contributed by atoms with E-state index in [1.807, 2.05) is 0 Å². The molecule has 0 saturated carbocycles. The van der Waals surface area contributed by atoms with Crippen LogP contribution >= 0.6 is 15.9 Å². The van der Waals surface area contributed by atoms with E-state index in [0.717, 1.165) is 0 Å². The molecule has 0 aliphatic rings. The van der Waals surface area contributed by atoms with Crippen molar-refractivity contribution < 1.29 is 8.78 Å². The molecule has 1 rings (SSSR count). The van der Waals surface area contributed by atoms with Crippen LogP contribution in [0.25, 0.3) is 0 Å². The van der Waals surface area contributed by atoms with E-state index in [1.54, 1.807) is 6.92 Å². The predicted molar refractivity (Wildman–Crippen MR) is 56.7 cm³/mol. The molecule has 0 radical (unpaired) electrons. The van der Waals surface area contributed by atoms with Crippen molar-refractivity contribution >= 4 is 27.5 Å². The van der Waals surface area contributed by atoms with Gasteiger partial charge in [0.05, 0.1) is 5.84 Å². The summed E-state index contributed by atoms with van der Waals surface area (Å²) in [7, 11) is 1.54. The summed E-state index contributed by atoms with van der Waals surface area (Å²) in [6.45, 7) is 1.63. The summed E-state index contributed by atoms with van der Waals surface area (Å²) in [5.74, 6) is -0.857. The molecule has 1 N–H and O–H groups in total.